The van der Waals surface area contributed by atoms with Gasteiger partial charge in [-0.3, -0.25) is 4.55 Å². The lowest BCUT2D eigenvalue weighted by atomic mass is 9.99. The molecule has 0 heterocycles. The number of hydrogen-bond donors (Lipinski definition) is 1. The van der Waals surface area contributed by atoms with Gasteiger partial charge in [-0.25, -0.2) is 0 Å². The molecule has 0 bridgehead atoms. The van der Waals surface area contributed by atoms with Crippen molar-refractivity contribution < 1.29 is 13.0 Å². The van der Waals surface area contributed by atoms with Crippen molar-refractivity contribution in [1.29, 1.82) is 0 Å². The Kier molecular flexibility index (Phi) is 7.34. The molecule has 4 heteroatoms. The highest BCUT2D eigenvalue weighted by Gasteiger charge is 2.23. The van der Waals surface area contributed by atoms with Gasteiger partial charge in [0.15, 0.2) is 0 Å². The average molecular weight is 246 g/mol. The van der Waals surface area contributed by atoms with Crippen molar-refractivity contribution in [3.63, 3.8) is 0 Å². The molecule has 0 aliphatic rings. The van der Waals surface area contributed by atoms with Crippen molar-refractivity contribution in [3.8, 4) is 0 Å². The zero-order chi connectivity index (χ0) is 12.6. The predicted molar refractivity (Wildman–Crippen MR) is 68.0 cm³/mol. The summed E-state index contributed by atoms with van der Waals surface area (Å²) in [5.74, 6) is 0.232. The Morgan fingerprint density at radius 2 is 2.06 bits per heavy atom. The Balaban J connectivity index is 4.38. The molecule has 94 valence electrons. The van der Waals surface area contributed by atoms with Crippen LogP contribution in [0.1, 0.15) is 39.5 Å². The molecule has 2 atom stereocenters. The number of allylic oxidation sites excluding steroid dienone is 3. The molecule has 1 N–H and O–H groups in total. The summed E-state index contributed by atoms with van der Waals surface area (Å²) >= 11 is 0. The minimum atomic E-state index is -3.93. The normalized spacial score (nSPS) is 16.2. The highest BCUT2D eigenvalue weighted by atomic mass is 32.2. The maximum absolute atomic E-state index is 11.2. The summed E-state index contributed by atoms with van der Waals surface area (Å²) in [7, 11) is -3.93. The number of hydrogen-bond acceptors (Lipinski definition) is 2. The summed E-state index contributed by atoms with van der Waals surface area (Å²) in [6, 6.07) is 0. The molecule has 0 aliphatic heterocycles. The molecule has 0 aliphatic carbocycles. The maximum atomic E-state index is 11.2. The van der Waals surface area contributed by atoms with Crippen LogP contribution in [0.4, 0.5) is 0 Å². The van der Waals surface area contributed by atoms with Crippen LogP contribution in [0.3, 0.4) is 0 Å². The molecule has 0 aromatic carbocycles. The second kappa shape index (κ2) is 7.63. The molecule has 0 saturated heterocycles. The van der Waals surface area contributed by atoms with Crippen LogP contribution in [-0.4, -0.2) is 18.2 Å². The van der Waals surface area contributed by atoms with Gasteiger partial charge < -0.3 is 0 Å². The third-order valence-corrected chi connectivity index (χ3v) is 3.82. The van der Waals surface area contributed by atoms with E-state index in [-0.39, 0.29) is 5.92 Å². The van der Waals surface area contributed by atoms with Crippen molar-refractivity contribution in [2.75, 3.05) is 0 Å². The van der Waals surface area contributed by atoms with Gasteiger partial charge in [-0.15, -0.1) is 6.58 Å². The molecule has 0 rings (SSSR count). The van der Waals surface area contributed by atoms with Crippen LogP contribution in [0.5, 0.6) is 0 Å². The summed E-state index contributed by atoms with van der Waals surface area (Å²) < 4.78 is 31.5. The van der Waals surface area contributed by atoms with Crippen molar-refractivity contribution in [2.24, 2.45) is 5.92 Å². The van der Waals surface area contributed by atoms with E-state index in [4.69, 9.17) is 4.55 Å². The zero-order valence-corrected chi connectivity index (χ0v) is 10.9. The minimum Gasteiger partial charge on any atom is -0.285 e. The summed E-state index contributed by atoms with van der Waals surface area (Å²) in [4.78, 5) is 0. The molecule has 0 saturated carbocycles. The van der Waals surface area contributed by atoms with E-state index >= 15 is 0 Å². The fourth-order valence-electron chi connectivity index (χ4n) is 1.67. The topological polar surface area (TPSA) is 54.4 Å². The maximum Gasteiger partial charge on any atom is 0.267 e. The van der Waals surface area contributed by atoms with Gasteiger partial charge in [-0.05, 0) is 38.5 Å². The molecule has 2 unspecified atom stereocenters. The molecular weight excluding hydrogens is 224 g/mol. The lowest BCUT2D eigenvalue weighted by molar-refractivity contribution is 0.430. The SMILES string of the molecule is C=CCC(C)CC(CC/C=C\C)S(=O)(=O)O. The smallest absolute Gasteiger partial charge is 0.267 e. The van der Waals surface area contributed by atoms with E-state index in [0.717, 1.165) is 6.42 Å². The summed E-state index contributed by atoms with van der Waals surface area (Å²) in [6.45, 7) is 7.48. The molecule has 0 spiro atoms. The summed E-state index contributed by atoms with van der Waals surface area (Å²) in [5.41, 5.74) is 0. The van der Waals surface area contributed by atoms with E-state index in [9.17, 15) is 8.42 Å². The Morgan fingerprint density at radius 1 is 1.44 bits per heavy atom. The van der Waals surface area contributed by atoms with Crippen LogP contribution in [0, 0.1) is 5.92 Å². The van der Waals surface area contributed by atoms with E-state index in [1.54, 1.807) is 6.08 Å². The first kappa shape index (κ1) is 15.4. The van der Waals surface area contributed by atoms with Gasteiger partial charge >= 0.3 is 0 Å². The van der Waals surface area contributed by atoms with Crippen LogP contribution in [0.2, 0.25) is 0 Å². The Morgan fingerprint density at radius 3 is 2.50 bits per heavy atom. The highest BCUT2D eigenvalue weighted by molar-refractivity contribution is 7.86. The average Bonchev–Trinajstić information content (AvgIpc) is 2.15. The van der Waals surface area contributed by atoms with E-state index in [2.05, 4.69) is 6.58 Å². The molecule has 16 heavy (non-hydrogen) atoms. The third-order valence-electron chi connectivity index (χ3n) is 2.55. The van der Waals surface area contributed by atoms with Crippen molar-refractivity contribution in [1.82, 2.24) is 0 Å². The molecule has 0 aromatic heterocycles. The van der Waals surface area contributed by atoms with Crippen LogP contribution in [0.15, 0.2) is 24.8 Å². The lowest BCUT2D eigenvalue weighted by Gasteiger charge is -2.16. The van der Waals surface area contributed by atoms with Gasteiger partial charge in [-0.1, -0.05) is 25.2 Å². The molecule has 0 amide bonds. The Hall–Kier alpha value is -0.610. The first-order valence-corrected chi connectivity index (χ1v) is 7.10. The van der Waals surface area contributed by atoms with E-state index in [1.165, 1.54) is 0 Å². The molecule has 0 radical (unpaired) electrons. The van der Waals surface area contributed by atoms with Crippen molar-refractivity contribution >= 4 is 10.1 Å². The van der Waals surface area contributed by atoms with Gasteiger partial charge in [0.25, 0.3) is 10.1 Å². The molecular formula is C12H22O3S. The summed E-state index contributed by atoms with van der Waals surface area (Å²) in [5, 5.41) is -0.654. The van der Waals surface area contributed by atoms with Gasteiger partial charge in [0.2, 0.25) is 0 Å². The predicted octanol–water partition coefficient (Wildman–Crippen LogP) is 3.20. The highest BCUT2D eigenvalue weighted by Crippen LogP contribution is 2.20. The second-order valence-electron chi connectivity index (χ2n) is 4.15. The van der Waals surface area contributed by atoms with Gasteiger partial charge in [0.05, 0.1) is 5.25 Å². The first-order chi connectivity index (χ1) is 7.41. The Bertz CT molecular complexity index is 317. The van der Waals surface area contributed by atoms with Crippen LogP contribution < -0.4 is 0 Å². The number of rotatable bonds is 8. The van der Waals surface area contributed by atoms with Crippen LogP contribution >= 0.6 is 0 Å². The standard InChI is InChI=1S/C12H22O3S/c1-4-6-7-9-12(16(13,14)15)10-11(3)8-5-2/h4-6,11-12H,2,7-10H2,1,3H3,(H,13,14,15)/b6-4-. The molecule has 0 fully saturated rings. The fraction of sp³-hybridized carbons (Fsp3) is 0.667. The second-order valence-corrected chi connectivity index (χ2v) is 5.85. The van der Waals surface area contributed by atoms with E-state index in [1.807, 2.05) is 26.0 Å². The first-order valence-electron chi connectivity index (χ1n) is 5.60. The van der Waals surface area contributed by atoms with Gasteiger partial charge in [-0.2, -0.15) is 8.42 Å². The van der Waals surface area contributed by atoms with Crippen LogP contribution in [0.25, 0.3) is 0 Å². The van der Waals surface area contributed by atoms with Gasteiger partial charge in [0, 0.05) is 0 Å². The minimum absolute atomic E-state index is 0.232. The Labute approximate surface area is 99.0 Å². The molecule has 0 aromatic rings. The quantitative estimate of drug-likeness (QED) is 0.528. The third kappa shape index (κ3) is 6.80. The van der Waals surface area contributed by atoms with E-state index < -0.39 is 15.4 Å². The molecule has 3 nitrogen and oxygen atoms in total. The lowest BCUT2D eigenvalue weighted by Crippen LogP contribution is -2.22. The van der Waals surface area contributed by atoms with Crippen LogP contribution in [-0.2, 0) is 10.1 Å². The fourth-order valence-corrected chi connectivity index (χ4v) is 2.67. The largest absolute Gasteiger partial charge is 0.285 e. The monoisotopic (exact) mass is 246 g/mol. The summed E-state index contributed by atoms with van der Waals surface area (Å²) in [6.07, 6.45) is 7.99. The van der Waals surface area contributed by atoms with Crippen molar-refractivity contribution in [3.05, 3.63) is 24.8 Å². The zero-order valence-electron chi connectivity index (χ0n) is 10.1. The van der Waals surface area contributed by atoms with Gasteiger partial charge in [0.1, 0.15) is 0 Å². The van der Waals surface area contributed by atoms with Crippen molar-refractivity contribution in [2.45, 2.75) is 44.8 Å². The van der Waals surface area contributed by atoms with E-state index in [0.29, 0.717) is 19.3 Å².